The number of amidine groups is 1. The first kappa shape index (κ1) is 20.6. The Hall–Kier alpha value is -3.13. The van der Waals surface area contributed by atoms with Gasteiger partial charge in [0.05, 0.1) is 12.8 Å². The monoisotopic (exact) mass is 410 g/mol. The fourth-order valence-electron chi connectivity index (χ4n) is 2.61. The summed E-state index contributed by atoms with van der Waals surface area (Å²) in [4.78, 5) is 24.4. The summed E-state index contributed by atoms with van der Waals surface area (Å²) >= 11 is 1.20. The third kappa shape index (κ3) is 5.68. The Kier molecular flexibility index (Phi) is 6.66. The molecule has 0 bridgehead atoms. The number of ether oxygens (including phenoxy) is 1. The molecule has 1 aliphatic rings. The lowest BCUT2D eigenvalue weighted by molar-refractivity contribution is -0.122. The largest absolute Gasteiger partial charge is 0.497 e. The average molecular weight is 410 g/mol. The van der Waals surface area contributed by atoms with Crippen LogP contribution in [0.2, 0.25) is 0 Å². The SMILES string of the molecule is COc1ccc(/C(C)=N\N=C2/NC(=O)[C@@H](CC(=O)Nc3ccc(C)cc3)S2)cc1. The smallest absolute Gasteiger partial charge is 0.240 e. The van der Waals surface area contributed by atoms with E-state index in [0.717, 1.165) is 16.9 Å². The Bertz CT molecular complexity index is 953. The molecule has 0 aliphatic carbocycles. The summed E-state index contributed by atoms with van der Waals surface area (Å²) < 4.78 is 5.14. The van der Waals surface area contributed by atoms with Crippen LogP contribution in [0.5, 0.6) is 5.75 Å². The normalized spacial score (nSPS) is 17.9. The van der Waals surface area contributed by atoms with Gasteiger partial charge < -0.3 is 15.4 Å². The van der Waals surface area contributed by atoms with Gasteiger partial charge in [0.2, 0.25) is 11.8 Å². The van der Waals surface area contributed by atoms with Crippen molar-refractivity contribution < 1.29 is 14.3 Å². The minimum absolute atomic E-state index is 0.0601. The maximum absolute atomic E-state index is 12.2. The van der Waals surface area contributed by atoms with Gasteiger partial charge in [-0.1, -0.05) is 29.5 Å². The van der Waals surface area contributed by atoms with Crippen molar-refractivity contribution in [1.29, 1.82) is 0 Å². The number of rotatable bonds is 6. The second kappa shape index (κ2) is 9.38. The molecule has 0 saturated carbocycles. The van der Waals surface area contributed by atoms with E-state index in [0.29, 0.717) is 16.6 Å². The van der Waals surface area contributed by atoms with E-state index in [1.807, 2.05) is 62.4 Å². The number of anilines is 1. The number of hydrogen-bond donors (Lipinski definition) is 2. The van der Waals surface area contributed by atoms with Crippen molar-refractivity contribution in [2.45, 2.75) is 25.5 Å². The molecule has 1 fully saturated rings. The summed E-state index contributed by atoms with van der Waals surface area (Å²) in [6.07, 6.45) is 0.0601. The maximum atomic E-state index is 12.2. The molecule has 1 atom stereocenters. The van der Waals surface area contributed by atoms with Gasteiger partial charge in [0.25, 0.3) is 0 Å². The molecule has 0 spiro atoms. The molecule has 2 aromatic rings. The van der Waals surface area contributed by atoms with Crippen LogP contribution in [-0.2, 0) is 9.59 Å². The zero-order valence-electron chi connectivity index (χ0n) is 16.4. The summed E-state index contributed by atoms with van der Waals surface area (Å²) in [7, 11) is 1.61. The molecular weight excluding hydrogens is 388 g/mol. The Labute approximate surface area is 173 Å². The minimum Gasteiger partial charge on any atom is -0.497 e. The van der Waals surface area contributed by atoms with Gasteiger partial charge in [-0.05, 0) is 55.8 Å². The van der Waals surface area contributed by atoms with Gasteiger partial charge in [0, 0.05) is 12.1 Å². The fourth-order valence-corrected chi connectivity index (χ4v) is 3.53. The molecule has 3 rings (SSSR count). The number of carbonyl (C=O) groups is 2. The van der Waals surface area contributed by atoms with Crippen molar-refractivity contribution in [2.75, 3.05) is 12.4 Å². The topological polar surface area (TPSA) is 92.2 Å². The van der Waals surface area contributed by atoms with Crippen molar-refractivity contribution in [3.05, 3.63) is 59.7 Å². The van der Waals surface area contributed by atoms with Crippen LogP contribution in [0, 0.1) is 6.92 Å². The van der Waals surface area contributed by atoms with Crippen LogP contribution in [0.15, 0.2) is 58.7 Å². The third-order valence-electron chi connectivity index (χ3n) is 4.28. The highest BCUT2D eigenvalue weighted by molar-refractivity contribution is 8.15. The summed E-state index contributed by atoms with van der Waals surface area (Å²) in [5, 5.41) is 13.6. The number of carbonyl (C=O) groups excluding carboxylic acids is 2. The lowest BCUT2D eigenvalue weighted by Gasteiger charge is -2.07. The molecule has 29 heavy (non-hydrogen) atoms. The molecule has 1 aliphatic heterocycles. The van der Waals surface area contributed by atoms with E-state index < -0.39 is 5.25 Å². The van der Waals surface area contributed by atoms with Crippen molar-refractivity contribution >= 4 is 40.1 Å². The number of aryl methyl sites for hydroxylation is 1. The first-order chi connectivity index (χ1) is 13.9. The fraction of sp³-hybridized carbons (Fsp3) is 0.238. The molecule has 0 aromatic heterocycles. The van der Waals surface area contributed by atoms with E-state index in [9.17, 15) is 9.59 Å². The molecule has 2 aromatic carbocycles. The Balaban J connectivity index is 1.58. The van der Waals surface area contributed by atoms with E-state index in [2.05, 4.69) is 20.8 Å². The summed E-state index contributed by atoms with van der Waals surface area (Å²) in [5.74, 6) is 0.295. The molecule has 0 unspecified atom stereocenters. The van der Waals surface area contributed by atoms with Crippen LogP contribution in [0.25, 0.3) is 0 Å². The van der Waals surface area contributed by atoms with Crippen LogP contribution in [0.1, 0.15) is 24.5 Å². The van der Waals surface area contributed by atoms with Gasteiger partial charge >= 0.3 is 0 Å². The highest BCUT2D eigenvalue weighted by Gasteiger charge is 2.32. The van der Waals surface area contributed by atoms with Gasteiger partial charge in [-0.2, -0.15) is 5.10 Å². The summed E-state index contributed by atoms with van der Waals surface area (Å²) in [5.41, 5.74) is 3.42. The van der Waals surface area contributed by atoms with Gasteiger partial charge in [0.1, 0.15) is 11.0 Å². The molecular formula is C21H22N4O3S. The predicted molar refractivity (Wildman–Crippen MR) is 117 cm³/mol. The summed E-state index contributed by atoms with van der Waals surface area (Å²) in [6, 6.07) is 15.0. The van der Waals surface area contributed by atoms with Crippen LogP contribution in [0.3, 0.4) is 0 Å². The van der Waals surface area contributed by atoms with Gasteiger partial charge in [-0.25, -0.2) is 0 Å². The lowest BCUT2D eigenvalue weighted by Crippen LogP contribution is -2.28. The van der Waals surface area contributed by atoms with Crippen LogP contribution < -0.4 is 15.4 Å². The Morgan fingerprint density at radius 2 is 1.86 bits per heavy atom. The molecule has 1 heterocycles. The minimum atomic E-state index is -0.532. The van der Waals surface area contributed by atoms with Crippen molar-refractivity contribution in [1.82, 2.24) is 5.32 Å². The standard InChI is InChI=1S/C21H22N4O3S/c1-13-4-8-16(9-5-13)22-19(26)12-18-20(27)23-21(29-18)25-24-14(2)15-6-10-17(28-3)11-7-15/h4-11,18H,12H2,1-3H3,(H,22,26)(H,23,25,27)/b24-14-/t18-/m1/s1. The Morgan fingerprint density at radius 3 is 2.52 bits per heavy atom. The molecule has 0 radical (unpaired) electrons. The number of nitrogens with one attached hydrogen (secondary N) is 2. The van der Waals surface area contributed by atoms with Crippen molar-refractivity contribution in [3.63, 3.8) is 0 Å². The van der Waals surface area contributed by atoms with Gasteiger partial charge in [-0.3, -0.25) is 9.59 Å². The van der Waals surface area contributed by atoms with Crippen LogP contribution in [0.4, 0.5) is 5.69 Å². The van der Waals surface area contributed by atoms with Gasteiger partial charge in [0.15, 0.2) is 5.17 Å². The summed E-state index contributed by atoms with van der Waals surface area (Å²) in [6.45, 7) is 3.81. The molecule has 1 saturated heterocycles. The number of methoxy groups -OCH3 is 1. The van der Waals surface area contributed by atoms with Gasteiger partial charge in [-0.15, -0.1) is 5.10 Å². The molecule has 2 N–H and O–H groups in total. The predicted octanol–water partition coefficient (Wildman–Crippen LogP) is 3.34. The van der Waals surface area contributed by atoms with Crippen LogP contribution >= 0.6 is 11.8 Å². The number of benzene rings is 2. The first-order valence-electron chi connectivity index (χ1n) is 9.05. The highest BCUT2D eigenvalue weighted by atomic mass is 32.2. The first-order valence-corrected chi connectivity index (χ1v) is 9.93. The molecule has 8 heteroatoms. The average Bonchev–Trinajstić information content (AvgIpc) is 3.07. The highest BCUT2D eigenvalue weighted by Crippen LogP contribution is 2.23. The molecule has 7 nitrogen and oxygen atoms in total. The van der Waals surface area contributed by atoms with E-state index >= 15 is 0 Å². The van der Waals surface area contributed by atoms with Crippen molar-refractivity contribution in [2.24, 2.45) is 10.2 Å². The van der Waals surface area contributed by atoms with E-state index in [-0.39, 0.29) is 18.2 Å². The van der Waals surface area contributed by atoms with E-state index in [1.165, 1.54) is 11.8 Å². The number of amides is 2. The molecule has 2 amide bonds. The second-order valence-corrected chi connectivity index (χ2v) is 7.72. The lowest BCUT2D eigenvalue weighted by atomic mass is 10.1. The Morgan fingerprint density at radius 1 is 1.17 bits per heavy atom. The zero-order chi connectivity index (χ0) is 20.8. The maximum Gasteiger partial charge on any atom is 0.240 e. The number of nitrogens with zero attached hydrogens (tertiary/aromatic N) is 2. The molecule has 150 valence electrons. The quantitative estimate of drug-likeness (QED) is 0.564. The van der Waals surface area contributed by atoms with E-state index in [4.69, 9.17) is 4.74 Å². The van der Waals surface area contributed by atoms with E-state index in [1.54, 1.807) is 7.11 Å². The van der Waals surface area contributed by atoms with Crippen molar-refractivity contribution in [3.8, 4) is 5.75 Å². The number of hydrogen-bond acceptors (Lipinski definition) is 6. The zero-order valence-corrected chi connectivity index (χ0v) is 17.2. The number of thioether (sulfide) groups is 1. The second-order valence-electron chi connectivity index (χ2n) is 6.53. The third-order valence-corrected chi connectivity index (χ3v) is 5.35. The van der Waals surface area contributed by atoms with Crippen LogP contribution in [-0.4, -0.2) is 35.1 Å².